The van der Waals surface area contributed by atoms with Gasteiger partial charge in [0.25, 0.3) is 0 Å². The van der Waals surface area contributed by atoms with Gasteiger partial charge in [-0.3, -0.25) is 4.90 Å². The first-order chi connectivity index (χ1) is 10.6. The largest absolute Gasteiger partial charge is 0.392 e. The number of benzene rings is 1. The summed E-state index contributed by atoms with van der Waals surface area (Å²) in [5.41, 5.74) is 1.07. The molecule has 0 saturated heterocycles. The Labute approximate surface area is 136 Å². The smallest absolute Gasteiger partial charge is 0.123 e. The molecule has 0 fully saturated rings. The van der Waals surface area contributed by atoms with Gasteiger partial charge in [0.15, 0.2) is 0 Å². The Bertz CT molecular complexity index is 567. The molecule has 0 aliphatic rings. The van der Waals surface area contributed by atoms with Crippen LogP contribution in [0.15, 0.2) is 36.4 Å². The maximum Gasteiger partial charge on any atom is 0.123 e. The van der Waals surface area contributed by atoms with E-state index in [0.717, 1.165) is 31.5 Å². The number of aryl methyl sites for hydroxylation is 1. The summed E-state index contributed by atoms with van der Waals surface area (Å²) in [6.45, 7) is 6.36. The third kappa shape index (κ3) is 5.52. The SMILES string of the molecule is CCC[C@@H](O)CN(Cc1ccc(F)cc1)Cc1ccc(C)s1. The zero-order valence-electron chi connectivity index (χ0n) is 13.3. The fourth-order valence-corrected chi connectivity index (χ4v) is 3.48. The normalized spacial score (nSPS) is 12.8. The number of rotatable bonds is 8. The zero-order valence-corrected chi connectivity index (χ0v) is 14.1. The highest BCUT2D eigenvalue weighted by atomic mass is 32.1. The Kier molecular flexibility index (Phi) is 6.55. The predicted octanol–water partition coefficient (Wildman–Crippen LogP) is 4.36. The molecule has 1 heterocycles. The molecule has 0 spiro atoms. The van der Waals surface area contributed by atoms with Crippen molar-refractivity contribution < 1.29 is 9.50 Å². The molecule has 0 unspecified atom stereocenters. The van der Waals surface area contributed by atoms with Crippen molar-refractivity contribution in [2.24, 2.45) is 0 Å². The third-order valence-electron chi connectivity index (χ3n) is 3.59. The third-order valence-corrected chi connectivity index (χ3v) is 4.57. The summed E-state index contributed by atoms with van der Waals surface area (Å²) >= 11 is 1.79. The van der Waals surface area contributed by atoms with E-state index in [0.29, 0.717) is 6.54 Å². The van der Waals surface area contributed by atoms with Gasteiger partial charge in [-0.25, -0.2) is 4.39 Å². The molecule has 2 aromatic rings. The number of aliphatic hydroxyl groups excluding tert-OH is 1. The van der Waals surface area contributed by atoms with E-state index in [9.17, 15) is 9.50 Å². The van der Waals surface area contributed by atoms with Gasteiger partial charge in [0.1, 0.15) is 5.82 Å². The van der Waals surface area contributed by atoms with E-state index in [4.69, 9.17) is 0 Å². The Hall–Kier alpha value is -1.23. The van der Waals surface area contributed by atoms with Crippen LogP contribution >= 0.6 is 11.3 Å². The Morgan fingerprint density at radius 3 is 2.45 bits per heavy atom. The van der Waals surface area contributed by atoms with Gasteiger partial charge in [-0.15, -0.1) is 11.3 Å². The maximum absolute atomic E-state index is 13.0. The Morgan fingerprint density at radius 1 is 1.14 bits per heavy atom. The summed E-state index contributed by atoms with van der Waals surface area (Å²) in [4.78, 5) is 4.83. The second kappa shape index (κ2) is 8.42. The average Bonchev–Trinajstić information content (AvgIpc) is 2.87. The fourth-order valence-electron chi connectivity index (χ4n) is 2.55. The molecule has 4 heteroatoms. The Balaban J connectivity index is 2.04. The standard InChI is InChI=1S/C18H24FNOS/c1-3-4-17(21)12-20(13-18-10-5-14(2)22-18)11-15-6-8-16(19)9-7-15/h5-10,17,21H,3-4,11-13H2,1-2H3/t17-/m1/s1. The molecule has 0 aliphatic heterocycles. The molecular weight excluding hydrogens is 297 g/mol. The first-order valence-corrected chi connectivity index (χ1v) is 8.58. The second-order valence-corrected chi connectivity index (χ2v) is 7.12. The van der Waals surface area contributed by atoms with Crippen molar-refractivity contribution in [3.63, 3.8) is 0 Å². The van der Waals surface area contributed by atoms with Gasteiger partial charge in [0, 0.05) is 29.4 Å². The zero-order chi connectivity index (χ0) is 15.9. The molecule has 1 aromatic heterocycles. The molecule has 1 aromatic carbocycles. The topological polar surface area (TPSA) is 23.5 Å². The lowest BCUT2D eigenvalue weighted by molar-refractivity contribution is 0.0976. The van der Waals surface area contributed by atoms with Gasteiger partial charge >= 0.3 is 0 Å². The molecule has 0 radical (unpaired) electrons. The number of halogens is 1. The average molecular weight is 321 g/mol. The van der Waals surface area contributed by atoms with Crippen molar-refractivity contribution in [2.75, 3.05) is 6.54 Å². The second-order valence-electron chi connectivity index (χ2n) is 5.75. The summed E-state index contributed by atoms with van der Waals surface area (Å²) in [6.07, 6.45) is 1.47. The maximum atomic E-state index is 13.0. The van der Waals surface area contributed by atoms with E-state index in [-0.39, 0.29) is 11.9 Å². The van der Waals surface area contributed by atoms with Crippen LogP contribution in [-0.2, 0) is 13.1 Å². The summed E-state index contributed by atoms with van der Waals surface area (Å²) in [7, 11) is 0. The molecule has 2 rings (SSSR count). The van der Waals surface area contributed by atoms with Crippen molar-refractivity contribution in [3.8, 4) is 0 Å². The van der Waals surface area contributed by atoms with E-state index in [2.05, 4.69) is 30.9 Å². The minimum absolute atomic E-state index is 0.213. The monoisotopic (exact) mass is 321 g/mol. The highest BCUT2D eigenvalue weighted by molar-refractivity contribution is 7.11. The molecule has 2 nitrogen and oxygen atoms in total. The van der Waals surface area contributed by atoms with Crippen molar-refractivity contribution >= 4 is 11.3 Å². The first kappa shape index (κ1) is 17.1. The number of thiophene rings is 1. The fraction of sp³-hybridized carbons (Fsp3) is 0.444. The lowest BCUT2D eigenvalue weighted by atomic mass is 10.1. The van der Waals surface area contributed by atoms with E-state index in [1.807, 2.05) is 12.1 Å². The number of hydrogen-bond acceptors (Lipinski definition) is 3. The molecule has 0 bridgehead atoms. The van der Waals surface area contributed by atoms with Gasteiger partial charge < -0.3 is 5.11 Å². The minimum atomic E-state index is -0.313. The van der Waals surface area contributed by atoms with Crippen LogP contribution in [0.4, 0.5) is 4.39 Å². The summed E-state index contributed by atoms with van der Waals surface area (Å²) in [5.74, 6) is -0.213. The van der Waals surface area contributed by atoms with Crippen molar-refractivity contribution in [2.45, 2.75) is 45.9 Å². The van der Waals surface area contributed by atoms with Gasteiger partial charge in [-0.1, -0.05) is 25.5 Å². The van der Waals surface area contributed by atoms with Crippen molar-refractivity contribution in [1.29, 1.82) is 0 Å². The lowest BCUT2D eigenvalue weighted by Gasteiger charge is -2.24. The van der Waals surface area contributed by atoms with Crippen molar-refractivity contribution in [3.05, 3.63) is 57.5 Å². The minimum Gasteiger partial charge on any atom is -0.392 e. The van der Waals surface area contributed by atoms with Crippen molar-refractivity contribution in [1.82, 2.24) is 4.90 Å². The van der Waals surface area contributed by atoms with Crippen LogP contribution < -0.4 is 0 Å². The van der Waals surface area contributed by atoms with Gasteiger partial charge in [0.2, 0.25) is 0 Å². The van der Waals surface area contributed by atoms with E-state index < -0.39 is 0 Å². The molecule has 22 heavy (non-hydrogen) atoms. The molecule has 0 saturated carbocycles. The summed E-state index contributed by atoms with van der Waals surface area (Å²) < 4.78 is 13.0. The van der Waals surface area contributed by atoms with Crippen LogP contribution in [0, 0.1) is 12.7 Å². The van der Waals surface area contributed by atoms with Gasteiger partial charge in [-0.2, -0.15) is 0 Å². The van der Waals surface area contributed by atoms with Crippen LogP contribution in [0.25, 0.3) is 0 Å². The highest BCUT2D eigenvalue weighted by Gasteiger charge is 2.13. The first-order valence-electron chi connectivity index (χ1n) is 7.77. The molecule has 120 valence electrons. The van der Waals surface area contributed by atoms with Gasteiger partial charge in [0.05, 0.1) is 6.10 Å². The number of aliphatic hydroxyl groups is 1. The number of hydrogen-bond donors (Lipinski definition) is 1. The highest BCUT2D eigenvalue weighted by Crippen LogP contribution is 2.19. The predicted molar refractivity (Wildman–Crippen MR) is 90.5 cm³/mol. The quantitative estimate of drug-likeness (QED) is 0.781. The van der Waals surface area contributed by atoms with Crippen LogP contribution in [-0.4, -0.2) is 22.7 Å². The van der Waals surface area contributed by atoms with Crippen LogP contribution in [0.5, 0.6) is 0 Å². The Morgan fingerprint density at radius 2 is 1.86 bits per heavy atom. The van der Waals surface area contributed by atoms with Crippen LogP contribution in [0.3, 0.4) is 0 Å². The summed E-state index contributed by atoms with van der Waals surface area (Å²) in [6, 6.07) is 10.9. The van der Waals surface area contributed by atoms with E-state index in [1.54, 1.807) is 11.3 Å². The molecule has 0 amide bonds. The number of nitrogens with zero attached hydrogens (tertiary/aromatic N) is 1. The van der Waals surface area contributed by atoms with Crippen LogP contribution in [0.2, 0.25) is 0 Å². The van der Waals surface area contributed by atoms with E-state index >= 15 is 0 Å². The summed E-state index contributed by atoms with van der Waals surface area (Å²) in [5, 5.41) is 10.1. The molecule has 1 atom stereocenters. The lowest BCUT2D eigenvalue weighted by Crippen LogP contribution is -2.31. The molecule has 1 N–H and O–H groups in total. The van der Waals surface area contributed by atoms with Crippen LogP contribution in [0.1, 0.15) is 35.1 Å². The molecular formula is C18H24FNOS. The molecule has 0 aliphatic carbocycles. The van der Waals surface area contributed by atoms with Gasteiger partial charge in [-0.05, 0) is 43.2 Å². The van der Waals surface area contributed by atoms with E-state index in [1.165, 1.54) is 21.9 Å².